The number of hydrogen-bond acceptors (Lipinski definition) is 1. The third-order valence-electron chi connectivity index (χ3n) is 9.85. The molecule has 0 fully saturated rings. The van der Waals surface area contributed by atoms with E-state index in [1.165, 1.54) is 60.5 Å². The fourth-order valence-corrected chi connectivity index (χ4v) is 7.72. The summed E-state index contributed by atoms with van der Waals surface area (Å²) in [4.78, 5) is 2.35. The lowest BCUT2D eigenvalue weighted by Gasteiger charge is -2.28. The minimum atomic E-state index is -0.211. The van der Waals surface area contributed by atoms with Gasteiger partial charge in [0, 0.05) is 45.1 Å². The molecule has 7 aromatic rings. The summed E-state index contributed by atoms with van der Waals surface area (Å²) in [5.74, 6) is 6.36. The molecule has 218 valence electrons. The van der Waals surface area contributed by atoms with Gasteiger partial charge in [-0.15, -0.1) is 0 Å². The van der Waals surface area contributed by atoms with Crippen LogP contribution in [0, 0.1) is 11.8 Å². The van der Waals surface area contributed by atoms with E-state index in [0.717, 1.165) is 23.5 Å². The monoisotopic (exact) mass is 588 g/mol. The first-order valence-corrected chi connectivity index (χ1v) is 16.0. The van der Waals surface area contributed by atoms with E-state index in [1.807, 2.05) is 6.08 Å². The number of aromatic nitrogens is 1. The number of benzene rings is 6. The van der Waals surface area contributed by atoms with Crippen molar-refractivity contribution in [2.45, 2.75) is 25.7 Å². The van der Waals surface area contributed by atoms with E-state index in [-0.39, 0.29) is 5.41 Å². The van der Waals surface area contributed by atoms with Gasteiger partial charge in [-0.1, -0.05) is 111 Å². The van der Waals surface area contributed by atoms with E-state index in [0.29, 0.717) is 0 Å². The maximum Gasteiger partial charge on any atom is 0.0544 e. The minimum Gasteiger partial charge on any atom is -0.311 e. The lowest BCUT2D eigenvalue weighted by atomic mass is 9.81. The summed E-state index contributed by atoms with van der Waals surface area (Å²) in [5.41, 5.74) is 12.3. The molecule has 0 atom stereocenters. The van der Waals surface area contributed by atoms with Gasteiger partial charge < -0.3 is 9.47 Å². The van der Waals surface area contributed by atoms with Gasteiger partial charge in [-0.05, 0) is 88.3 Å². The number of para-hydroxylation sites is 3. The summed E-state index contributed by atoms with van der Waals surface area (Å²) in [6.45, 7) is 4.77. The lowest BCUT2D eigenvalue weighted by molar-refractivity contribution is 0.660. The van der Waals surface area contributed by atoms with Crippen molar-refractivity contribution >= 4 is 44.0 Å². The van der Waals surface area contributed by atoms with E-state index in [4.69, 9.17) is 0 Å². The van der Waals surface area contributed by atoms with E-state index >= 15 is 0 Å². The average Bonchev–Trinajstić information content (AvgIpc) is 3.36. The molecular weight excluding hydrogens is 556 g/mol. The summed E-state index contributed by atoms with van der Waals surface area (Å²) in [7, 11) is 0. The molecule has 1 heterocycles. The molecule has 2 heteroatoms. The van der Waals surface area contributed by atoms with Gasteiger partial charge in [0.2, 0.25) is 0 Å². The maximum atomic E-state index is 3.22. The van der Waals surface area contributed by atoms with Crippen molar-refractivity contribution in [2.75, 3.05) is 4.90 Å². The van der Waals surface area contributed by atoms with Crippen LogP contribution in [-0.2, 0) is 5.41 Å². The Labute approximate surface area is 269 Å². The Morgan fingerprint density at radius 3 is 2.02 bits per heavy atom. The SMILES string of the molecule is CC1(C)c2cc(N(C3=CCC#CC=C3)c3ccccc3)ccc2-c2c1cc(-n1c3ccccc3c3ccccc31)c1ccccc21. The molecule has 0 amide bonds. The maximum absolute atomic E-state index is 3.22. The number of allylic oxidation sites excluding steroid dienone is 3. The molecular formula is C44H32N2. The molecule has 2 aliphatic carbocycles. The summed E-state index contributed by atoms with van der Waals surface area (Å²) >= 11 is 0. The van der Waals surface area contributed by atoms with Gasteiger partial charge in [0.05, 0.1) is 16.7 Å². The van der Waals surface area contributed by atoms with Gasteiger partial charge in [0.25, 0.3) is 0 Å². The number of anilines is 2. The fraction of sp³-hybridized carbons (Fsp3) is 0.0909. The average molecular weight is 589 g/mol. The first-order chi connectivity index (χ1) is 22.6. The van der Waals surface area contributed by atoms with Crippen LogP contribution in [-0.4, -0.2) is 4.57 Å². The highest BCUT2D eigenvalue weighted by Crippen LogP contribution is 2.54. The Balaban J connectivity index is 1.29. The van der Waals surface area contributed by atoms with Crippen molar-refractivity contribution in [1.29, 1.82) is 0 Å². The molecule has 0 radical (unpaired) electrons. The molecule has 9 rings (SSSR count). The van der Waals surface area contributed by atoms with Crippen molar-refractivity contribution < 1.29 is 0 Å². The van der Waals surface area contributed by atoms with E-state index in [9.17, 15) is 0 Å². The van der Waals surface area contributed by atoms with Gasteiger partial charge in [-0.2, -0.15) is 0 Å². The normalized spacial score (nSPS) is 14.4. The lowest BCUT2D eigenvalue weighted by Crippen LogP contribution is -2.18. The van der Waals surface area contributed by atoms with Gasteiger partial charge in [-0.25, -0.2) is 0 Å². The standard InChI is InChI=1S/C44H32N2/c1-44(2)38-28-32(45(31-18-8-5-9-19-31)30-16-6-3-4-7-17-30)26-27-37(38)43-36-23-11-10-22-35(36)42(29-39(43)44)46-40-24-14-12-20-33(40)34-21-13-15-25-41(34)46/h5-6,8-29H,7H2,1-2H3. The van der Waals surface area contributed by atoms with Crippen LogP contribution in [0.4, 0.5) is 11.4 Å². The van der Waals surface area contributed by atoms with Crippen LogP contribution >= 0.6 is 0 Å². The summed E-state index contributed by atoms with van der Waals surface area (Å²) < 4.78 is 2.47. The van der Waals surface area contributed by atoms with Gasteiger partial charge in [0.1, 0.15) is 0 Å². The third-order valence-corrected chi connectivity index (χ3v) is 9.85. The smallest absolute Gasteiger partial charge is 0.0544 e. The Hall–Kier alpha value is -5.78. The highest BCUT2D eigenvalue weighted by atomic mass is 15.1. The zero-order chi connectivity index (χ0) is 30.8. The fourth-order valence-electron chi connectivity index (χ4n) is 7.72. The quantitative estimate of drug-likeness (QED) is 0.186. The molecule has 2 nitrogen and oxygen atoms in total. The predicted octanol–water partition coefficient (Wildman–Crippen LogP) is 11.2. The van der Waals surface area contributed by atoms with Crippen LogP contribution in [0.25, 0.3) is 49.4 Å². The first-order valence-electron chi connectivity index (χ1n) is 16.0. The van der Waals surface area contributed by atoms with Crippen LogP contribution in [0.2, 0.25) is 0 Å². The van der Waals surface area contributed by atoms with Crippen molar-refractivity contribution in [3.63, 3.8) is 0 Å². The molecule has 0 saturated carbocycles. The molecule has 0 saturated heterocycles. The summed E-state index contributed by atoms with van der Waals surface area (Å²) in [6, 6.07) is 46.7. The minimum absolute atomic E-state index is 0.211. The molecule has 46 heavy (non-hydrogen) atoms. The highest BCUT2D eigenvalue weighted by Gasteiger charge is 2.38. The van der Waals surface area contributed by atoms with Crippen molar-refractivity contribution in [3.05, 3.63) is 162 Å². The second-order valence-electron chi connectivity index (χ2n) is 12.7. The molecule has 0 unspecified atom stereocenters. The number of fused-ring (bicyclic) bond motifs is 8. The van der Waals surface area contributed by atoms with Crippen molar-refractivity contribution in [3.8, 4) is 28.7 Å². The van der Waals surface area contributed by atoms with E-state index in [2.05, 4.69) is 175 Å². The van der Waals surface area contributed by atoms with Gasteiger partial charge in [-0.3, -0.25) is 0 Å². The Morgan fingerprint density at radius 1 is 0.630 bits per heavy atom. The second-order valence-corrected chi connectivity index (χ2v) is 12.7. The first kappa shape index (κ1) is 26.6. The zero-order valence-corrected chi connectivity index (χ0v) is 26.0. The van der Waals surface area contributed by atoms with Crippen molar-refractivity contribution in [2.24, 2.45) is 0 Å². The third kappa shape index (κ3) is 3.85. The summed E-state index contributed by atoms with van der Waals surface area (Å²) in [6.07, 6.45) is 7.04. The molecule has 2 aliphatic rings. The van der Waals surface area contributed by atoms with Crippen LogP contribution in [0.3, 0.4) is 0 Å². The van der Waals surface area contributed by atoms with Crippen LogP contribution in [0.1, 0.15) is 31.4 Å². The number of hydrogen-bond donors (Lipinski definition) is 0. The molecule has 1 aromatic heterocycles. The van der Waals surface area contributed by atoms with E-state index in [1.54, 1.807) is 0 Å². The number of nitrogens with zero attached hydrogens (tertiary/aromatic N) is 2. The van der Waals surface area contributed by atoms with Gasteiger partial charge >= 0.3 is 0 Å². The van der Waals surface area contributed by atoms with Crippen molar-refractivity contribution in [1.82, 2.24) is 4.57 Å². The van der Waals surface area contributed by atoms with Crippen LogP contribution in [0.15, 0.2) is 151 Å². The highest BCUT2D eigenvalue weighted by molar-refractivity contribution is 6.12. The molecule has 0 spiro atoms. The molecule has 0 N–H and O–H groups in total. The largest absolute Gasteiger partial charge is 0.311 e. The molecule has 6 aromatic carbocycles. The predicted molar refractivity (Wildman–Crippen MR) is 194 cm³/mol. The van der Waals surface area contributed by atoms with Crippen LogP contribution in [0.5, 0.6) is 0 Å². The topological polar surface area (TPSA) is 8.17 Å². The zero-order valence-electron chi connectivity index (χ0n) is 26.0. The Bertz CT molecular complexity index is 2420. The summed E-state index contributed by atoms with van der Waals surface area (Å²) in [5, 5.41) is 5.12. The second kappa shape index (κ2) is 10.1. The van der Waals surface area contributed by atoms with Crippen LogP contribution < -0.4 is 4.90 Å². The Kier molecular flexibility index (Phi) is 5.86. The van der Waals surface area contributed by atoms with Gasteiger partial charge in [0.15, 0.2) is 0 Å². The molecule has 0 bridgehead atoms. The number of rotatable bonds is 4. The molecule has 0 aliphatic heterocycles. The Morgan fingerprint density at radius 2 is 1.28 bits per heavy atom. The van der Waals surface area contributed by atoms with E-state index < -0.39 is 0 Å².